The number of halogens is 4. The van der Waals surface area contributed by atoms with Gasteiger partial charge in [0.2, 0.25) is 5.91 Å². The molecule has 0 fully saturated rings. The van der Waals surface area contributed by atoms with Crippen LogP contribution in [-0.4, -0.2) is 31.6 Å². The smallest absolute Gasteiger partial charge is 0.262 e. The van der Waals surface area contributed by atoms with Gasteiger partial charge >= 0.3 is 0 Å². The van der Waals surface area contributed by atoms with Gasteiger partial charge in [0.05, 0.1) is 23.1 Å². The molecule has 0 aliphatic heterocycles. The van der Waals surface area contributed by atoms with E-state index in [0.29, 0.717) is 12.1 Å². The number of carbonyl (C=O) groups excluding carboxylic acids is 2. The van der Waals surface area contributed by atoms with Crippen LogP contribution in [0.3, 0.4) is 0 Å². The second-order valence-corrected chi connectivity index (χ2v) is 7.11. The third-order valence-corrected chi connectivity index (χ3v) is 4.43. The molecular weight excluding hydrogens is 453 g/mol. The van der Waals surface area contributed by atoms with Crippen molar-refractivity contribution in [2.24, 2.45) is 0 Å². The Kier molecular flexibility index (Phi) is 9.55. The Hall–Kier alpha value is -2.84. The average molecular weight is 473 g/mol. The van der Waals surface area contributed by atoms with E-state index in [1.807, 2.05) is 0 Å². The summed E-state index contributed by atoms with van der Waals surface area (Å²) in [5, 5.41) is 5.12. The summed E-state index contributed by atoms with van der Waals surface area (Å²) in [5.41, 5.74) is 0.379. The first kappa shape index (κ1) is 24.4. The third-order valence-electron chi connectivity index (χ3n) is 3.82. The molecule has 2 aromatic rings. The second kappa shape index (κ2) is 12.1. The summed E-state index contributed by atoms with van der Waals surface area (Å²) >= 11 is 11.2. The van der Waals surface area contributed by atoms with Gasteiger partial charge in [0.15, 0.2) is 6.61 Å². The largest absolute Gasteiger partial charge is 0.493 e. The van der Waals surface area contributed by atoms with E-state index >= 15 is 0 Å². The molecule has 0 atom stereocenters. The van der Waals surface area contributed by atoms with Crippen LogP contribution in [0, 0.1) is 11.6 Å². The number of hydrogen-bond donors (Lipinski definition) is 2. The molecule has 2 amide bonds. The molecule has 0 unspecified atom stereocenters. The van der Waals surface area contributed by atoms with Gasteiger partial charge in [0.1, 0.15) is 23.1 Å². The van der Waals surface area contributed by atoms with Gasteiger partial charge in [-0.05, 0) is 24.3 Å². The van der Waals surface area contributed by atoms with Gasteiger partial charge in [-0.25, -0.2) is 8.78 Å². The summed E-state index contributed by atoms with van der Waals surface area (Å²) in [6, 6.07) is 7.85. The van der Waals surface area contributed by atoms with Crippen molar-refractivity contribution >= 4 is 35.0 Å². The fraction of sp³-hybridized carbons (Fsp3) is 0.238. The van der Waals surface area contributed by atoms with Crippen LogP contribution >= 0.6 is 23.2 Å². The predicted octanol–water partition coefficient (Wildman–Crippen LogP) is 4.26. The minimum atomic E-state index is -0.648. The van der Waals surface area contributed by atoms with Crippen LogP contribution in [0.5, 0.6) is 11.5 Å². The molecule has 0 aliphatic carbocycles. The highest BCUT2D eigenvalue weighted by Crippen LogP contribution is 2.21. The Balaban J connectivity index is 1.58. The lowest BCUT2D eigenvalue weighted by Gasteiger charge is -2.11. The average Bonchev–Trinajstić information content (AvgIpc) is 2.71. The lowest BCUT2D eigenvalue weighted by atomic mass is 10.3. The fourth-order valence-corrected chi connectivity index (χ4v) is 2.52. The maximum Gasteiger partial charge on any atom is 0.262 e. The zero-order valence-corrected chi connectivity index (χ0v) is 17.9. The maximum absolute atomic E-state index is 13.3. The van der Waals surface area contributed by atoms with Crippen molar-refractivity contribution in [3.63, 3.8) is 0 Å². The Morgan fingerprint density at radius 1 is 0.903 bits per heavy atom. The van der Waals surface area contributed by atoms with Crippen molar-refractivity contribution in [1.82, 2.24) is 10.6 Å². The van der Waals surface area contributed by atoms with Crippen LogP contribution in [0.15, 0.2) is 48.7 Å². The second-order valence-electron chi connectivity index (χ2n) is 6.29. The summed E-state index contributed by atoms with van der Waals surface area (Å²) in [5.74, 6) is -1.56. The summed E-state index contributed by atoms with van der Waals surface area (Å²) in [4.78, 5) is 23.6. The van der Waals surface area contributed by atoms with Crippen LogP contribution in [0.2, 0.25) is 10.0 Å². The minimum absolute atomic E-state index is 0.0112. The van der Waals surface area contributed by atoms with Crippen molar-refractivity contribution in [1.29, 1.82) is 0 Å². The monoisotopic (exact) mass is 472 g/mol. The number of carbonyl (C=O) groups is 2. The minimum Gasteiger partial charge on any atom is -0.493 e. The normalized spacial score (nSPS) is 10.3. The van der Waals surface area contributed by atoms with E-state index in [0.717, 1.165) is 12.1 Å². The van der Waals surface area contributed by atoms with Gasteiger partial charge in [0.25, 0.3) is 5.91 Å². The maximum atomic E-state index is 13.3. The van der Waals surface area contributed by atoms with Crippen LogP contribution in [0.25, 0.3) is 0 Å². The first-order valence-electron chi connectivity index (χ1n) is 9.14. The molecule has 6 nitrogen and oxygen atoms in total. The molecule has 2 N–H and O–H groups in total. The van der Waals surface area contributed by atoms with Gasteiger partial charge in [-0.2, -0.15) is 0 Å². The topological polar surface area (TPSA) is 76.7 Å². The van der Waals surface area contributed by atoms with E-state index in [9.17, 15) is 18.4 Å². The van der Waals surface area contributed by atoms with Crippen molar-refractivity contribution in [2.75, 3.05) is 19.8 Å². The molecule has 0 aromatic heterocycles. The predicted molar refractivity (Wildman–Crippen MR) is 113 cm³/mol. The molecule has 0 heterocycles. The zero-order valence-electron chi connectivity index (χ0n) is 16.4. The summed E-state index contributed by atoms with van der Waals surface area (Å²) < 4.78 is 37.1. The molecule has 0 bridgehead atoms. The molecule has 0 saturated carbocycles. The number of nitrogens with one attached hydrogen (secondary N) is 2. The van der Waals surface area contributed by atoms with Crippen molar-refractivity contribution in [2.45, 2.75) is 12.8 Å². The highest BCUT2D eigenvalue weighted by Gasteiger charge is 2.08. The van der Waals surface area contributed by atoms with E-state index in [1.165, 1.54) is 24.3 Å². The van der Waals surface area contributed by atoms with Crippen LogP contribution in [0.1, 0.15) is 12.8 Å². The van der Waals surface area contributed by atoms with Crippen molar-refractivity contribution in [3.8, 4) is 11.5 Å². The van der Waals surface area contributed by atoms with Crippen LogP contribution in [-0.2, 0) is 9.59 Å². The van der Waals surface area contributed by atoms with E-state index in [-0.39, 0.29) is 53.6 Å². The lowest BCUT2D eigenvalue weighted by Crippen LogP contribution is -2.31. The molecule has 166 valence electrons. The van der Waals surface area contributed by atoms with Crippen LogP contribution in [0.4, 0.5) is 8.78 Å². The number of rotatable bonds is 11. The molecule has 0 radical (unpaired) electrons. The molecule has 0 saturated heterocycles. The van der Waals surface area contributed by atoms with E-state index in [4.69, 9.17) is 32.7 Å². The molecule has 0 aliphatic rings. The molecule has 2 aromatic carbocycles. The van der Waals surface area contributed by atoms with Gasteiger partial charge in [-0.3, -0.25) is 9.59 Å². The first-order valence-corrected chi connectivity index (χ1v) is 9.90. The van der Waals surface area contributed by atoms with E-state index in [1.54, 1.807) is 0 Å². The first-order chi connectivity index (χ1) is 14.7. The Morgan fingerprint density at radius 3 is 2.06 bits per heavy atom. The zero-order chi connectivity index (χ0) is 22.8. The summed E-state index contributed by atoms with van der Waals surface area (Å²) in [7, 11) is 0. The summed E-state index contributed by atoms with van der Waals surface area (Å²) in [6.45, 7) is 3.67. The van der Waals surface area contributed by atoms with Crippen molar-refractivity contribution < 1.29 is 27.8 Å². The molecule has 2 rings (SSSR count). The van der Waals surface area contributed by atoms with E-state index < -0.39 is 17.5 Å². The van der Waals surface area contributed by atoms with E-state index in [2.05, 4.69) is 17.2 Å². The standard InChI is InChI=1S/C21H20Cl2F2N2O4/c1-13(27-21(29)12-31-15-3-5-17(23)19(25)11-15)6-8-26-20(28)7-9-30-14-2-4-16(22)18(24)10-14/h2-5,10-11H,1,6-9,12H2,(H,26,28)(H,27,29). The van der Waals surface area contributed by atoms with Gasteiger partial charge in [0, 0.05) is 30.8 Å². The quantitative estimate of drug-likeness (QED) is 0.512. The van der Waals surface area contributed by atoms with Gasteiger partial charge < -0.3 is 20.1 Å². The molecule has 31 heavy (non-hydrogen) atoms. The summed E-state index contributed by atoms with van der Waals surface area (Å²) in [6.07, 6.45) is 0.366. The van der Waals surface area contributed by atoms with Crippen molar-refractivity contribution in [3.05, 3.63) is 70.4 Å². The number of ether oxygens (including phenoxy) is 2. The molecular formula is C21H20Cl2F2N2O4. The van der Waals surface area contributed by atoms with Gasteiger partial charge in [-0.1, -0.05) is 29.8 Å². The third kappa shape index (κ3) is 8.82. The lowest BCUT2D eigenvalue weighted by molar-refractivity contribution is -0.122. The Morgan fingerprint density at radius 2 is 1.48 bits per heavy atom. The Labute approximate surface area is 188 Å². The Bertz CT molecular complexity index is 957. The SMILES string of the molecule is C=C(CCNC(=O)CCOc1ccc(Cl)c(F)c1)NC(=O)COc1ccc(Cl)c(F)c1. The molecule has 10 heteroatoms. The highest BCUT2D eigenvalue weighted by molar-refractivity contribution is 6.31. The number of benzene rings is 2. The van der Waals surface area contributed by atoms with Gasteiger partial charge in [-0.15, -0.1) is 0 Å². The highest BCUT2D eigenvalue weighted by atomic mass is 35.5. The fourth-order valence-electron chi connectivity index (χ4n) is 2.28. The number of hydrogen-bond acceptors (Lipinski definition) is 4. The molecule has 0 spiro atoms. The number of amides is 2. The van der Waals surface area contributed by atoms with Crippen LogP contribution < -0.4 is 20.1 Å².